The fourth-order valence-electron chi connectivity index (χ4n) is 8.06. The van der Waals surface area contributed by atoms with Crippen molar-refractivity contribution in [1.82, 2.24) is 0 Å². The second-order valence-electron chi connectivity index (χ2n) is 13.1. The van der Waals surface area contributed by atoms with E-state index in [1.54, 1.807) is 0 Å². The molecule has 0 amide bonds. The Morgan fingerprint density at radius 3 is 2.17 bits per heavy atom. The van der Waals surface area contributed by atoms with Crippen LogP contribution in [0.4, 0.5) is 11.4 Å². The first kappa shape index (κ1) is 30.2. The van der Waals surface area contributed by atoms with Gasteiger partial charge in [0.25, 0.3) is 0 Å². The molecule has 5 aromatic carbocycles. The van der Waals surface area contributed by atoms with Gasteiger partial charge in [-0.2, -0.15) is 4.58 Å². The maximum absolute atomic E-state index is 3.53. The summed E-state index contributed by atoms with van der Waals surface area (Å²) in [7, 11) is 4.43. The van der Waals surface area contributed by atoms with Crippen molar-refractivity contribution in [3.8, 4) is 0 Å². The fourth-order valence-corrected chi connectivity index (χ4v) is 8.25. The number of fused-ring (bicyclic) bond motifs is 6. The SMILES string of the molecule is CN1C(=CC=CC=CC2=[N+](C)c3c(ccc4ccccc34)C2(C)Cc2ccccc2)C(C)(CC=CBr)c2c1ccc1ccccc21. The number of benzene rings is 5. The van der Waals surface area contributed by atoms with Gasteiger partial charge in [-0.15, -0.1) is 0 Å². The summed E-state index contributed by atoms with van der Waals surface area (Å²) in [5.41, 5.74) is 9.03. The molecule has 2 aliphatic heterocycles. The molecule has 0 saturated carbocycles. The minimum absolute atomic E-state index is 0.152. The third kappa shape index (κ3) is 4.89. The number of likely N-dealkylation sites (N-methyl/N-ethyl adjacent to an activating group) is 1. The molecule has 2 nitrogen and oxygen atoms in total. The van der Waals surface area contributed by atoms with Gasteiger partial charge in [0, 0.05) is 35.5 Å². The zero-order valence-electron chi connectivity index (χ0n) is 27.0. The van der Waals surface area contributed by atoms with Crippen LogP contribution in [0.3, 0.4) is 0 Å². The quantitative estimate of drug-likeness (QED) is 0.124. The smallest absolute Gasteiger partial charge is 0.217 e. The topological polar surface area (TPSA) is 6.25 Å². The van der Waals surface area contributed by atoms with Crippen LogP contribution in [0.2, 0.25) is 0 Å². The molecule has 2 aliphatic rings. The van der Waals surface area contributed by atoms with Crippen LogP contribution in [0.25, 0.3) is 21.5 Å². The Kier molecular flexibility index (Phi) is 7.90. The zero-order chi connectivity index (χ0) is 31.9. The molecule has 2 atom stereocenters. The lowest BCUT2D eigenvalue weighted by Gasteiger charge is -2.28. The van der Waals surface area contributed by atoms with E-state index in [0.717, 1.165) is 12.8 Å². The number of nitrogens with zero attached hydrogens (tertiary/aromatic N) is 2. The Bertz CT molecular complexity index is 2120. The number of allylic oxidation sites excluding steroid dienone is 7. The highest BCUT2D eigenvalue weighted by atomic mass is 79.9. The third-order valence-electron chi connectivity index (χ3n) is 10.3. The average Bonchev–Trinajstić information content (AvgIpc) is 3.43. The van der Waals surface area contributed by atoms with Crippen molar-refractivity contribution in [2.45, 2.75) is 37.5 Å². The van der Waals surface area contributed by atoms with E-state index in [-0.39, 0.29) is 10.8 Å². The summed E-state index contributed by atoms with van der Waals surface area (Å²) in [4.78, 5) is 4.36. The number of hydrogen-bond acceptors (Lipinski definition) is 1. The highest BCUT2D eigenvalue weighted by molar-refractivity contribution is 9.11. The fraction of sp³-hybridized carbons (Fsp3) is 0.186. The number of anilines is 1. The molecule has 0 aromatic heterocycles. The Hall–Kier alpha value is -4.47. The van der Waals surface area contributed by atoms with Gasteiger partial charge in [0.05, 0.1) is 10.8 Å². The molecular weight excluding hydrogens is 624 g/mol. The molecule has 2 heterocycles. The average molecular weight is 665 g/mol. The van der Waals surface area contributed by atoms with Crippen LogP contribution in [0.5, 0.6) is 0 Å². The van der Waals surface area contributed by atoms with Crippen LogP contribution in [0.15, 0.2) is 150 Å². The van der Waals surface area contributed by atoms with Gasteiger partial charge in [-0.05, 0) is 77.2 Å². The number of halogens is 1. The van der Waals surface area contributed by atoms with Gasteiger partial charge in [-0.25, -0.2) is 0 Å². The van der Waals surface area contributed by atoms with E-state index in [0.29, 0.717) is 0 Å². The van der Waals surface area contributed by atoms with Crippen molar-refractivity contribution in [2.24, 2.45) is 0 Å². The Morgan fingerprint density at radius 1 is 0.739 bits per heavy atom. The Balaban J connectivity index is 1.26. The minimum Gasteiger partial charge on any atom is -0.347 e. The molecule has 5 aromatic rings. The molecule has 2 unspecified atom stereocenters. The standard InChI is InChI=1S/C43H40BrN2/c1-42(28-15-29-44)38(45(3)37-27-25-32-18-11-13-20-34(32)40(37)42)22-9-6-10-23-39-43(2,30-31-16-7-5-8-17-31)36-26-24-33-19-12-14-21-35(33)41(36)46(39)4/h5-27,29H,28,30H2,1-4H3/q+1. The summed E-state index contributed by atoms with van der Waals surface area (Å²) >= 11 is 3.53. The summed E-state index contributed by atoms with van der Waals surface area (Å²) in [6.45, 7) is 4.78. The van der Waals surface area contributed by atoms with Crippen molar-refractivity contribution in [2.75, 3.05) is 19.0 Å². The highest BCUT2D eigenvalue weighted by Crippen LogP contribution is 2.52. The van der Waals surface area contributed by atoms with Gasteiger partial charge >= 0.3 is 0 Å². The molecule has 46 heavy (non-hydrogen) atoms. The molecule has 3 heteroatoms. The van der Waals surface area contributed by atoms with Crippen LogP contribution in [0.1, 0.15) is 37.0 Å². The van der Waals surface area contributed by atoms with Crippen molar-refractivity contribution in [3.05, 3.63) is 167 Å². The van der Waals surface area contributed by atoms with Crippen LogP contribution < -0.4 is 4.90 Å². The maximum atomic E-state index is 3.53. The van der Waals surface area contributed by atoms with E-state index < -0.39 is 0 Å². The lowest BCUT2D eigenvalue weighted by Crippen LogP contribution is -2.33. The van der Waals surface area contributed by atoms with Crippen LogP contribution in [0, 0.1) is 0 Å². The van der Waals surface area contributed by atoms with Crippen LogP contribution in [-0.4, -0.2) is 24.4 Å². The first-order valence-corrected chi connectivity index (χ1v) is 17.0. The van der Waals surface area contributed by atoms with Gasteiger partial charge < -0.3 is 4.90 Å². The first-order valence-electron chi connectivity index (χ1n) is 16.1. The molecule has 0 spiro atoms. The van der Waals surface area contributed by atoms with Gasteiger partial charge in [0.2, 0.25) is 5.69 Å². The lowest BCUT2D eigenvalue weighted by molar-refractivity contribution is -0.399. The summed E-state index contributed by atoms with van der Waals surface area (Å²) in [6.07, 6.45) is 15.3. The highest BCUT2D eigenvalue weighted by Gasteiger charge is 2.47. The number of hydrogen-bond donors (Lipinski definition) is 0. The molecule has 7 rings (SSSR count). The molecule has 0 bridgehead atoms. The third-order valence-corrected chi connectivity index (χ3v) is 10.6. The van der Waals surface area contributed by atoms with Crippen molar-refractivity contribution >= 4 is 54.6 Å². The minimum atomic E-state index is -0.159. The Morgan fingerprint density at radius 2 is 1.41 bits per heavy atom. The van der Waals surface area contributed by atoms with E-state index in [2.05, 4.69) is 193 Å². The summed E-state index contributed by atoms with van der Waals surface area (Å²) in [6, 6.07) is 37.5. The predicted molar refractivity (Wildman–Crippen MR) is 201 cm³/mol. The summed E-state index contributed by atoms with van der Waals surface area (Å²) in [5.74, 6) is 0. The van der Waals surface area contributed by atoms with Gasteiger partial charge in [0.1, 0.15) is 7.05 Å². The second-order valence-corrected chi connectivity index (χ2v) is 13.6. The lowest BCUT2D eigenvalue weighted by atomic mass is 9.74. The summed E-state index contributed by atoms with van der Waals surface area (Å²) in [5, 5.41) is 5.20. The molecule has 0 fully saturated rings. The molecule has 0 aliphatic carbocycles. The van der Waals surface area contributed by atoms with E-state index in [4.69, 9.17) is 0 Å². The van der Waals surface area contributed by atoms with Crippen molar-refractivity contribution in [1.29, 1.82) is 0 Å². The largest absolute Gasteiger partial charge is 0.347 e. The van der Waals surface area contributed by atoms with Crippen molar-refractivity contribution in [3.63, 3.8) is 0 Å². The monoisotopic (exact) mass is 663 g/mol. The van der Waals surface area contributed by atoms with Gasteiger partial charge in [-0.1, -0.05) is 131 Å². The van der Waals surface area contributed by atoms with Gasteiger partial charge in [-0.3, -0.25) is 0 Å². The van der Waals surface area contributed by atoms with Gasteiger partial charge in [0.15, 0.2) is 5.71 Å². The predicted octanol–water partition coefficient (Wildman–Crippen LogP) is 10.9. The van der Waals surface area contributed by atoms with Crippen molar-refractivity contribution < 1.29 is 4.58 Å². The second kappa shape index (κ2) is 12.0. The zero-order valence-corrected chi connectivity index (χ0v) is 28.6. The molecule has 0 radical (unpaired) electrons. The van der Waals surface area contributed by atoms with E-state index in [1.165, 1.54) is 61.0 Å². The number of rotatable bonds is 7. The summed E-state index contributed by atoms with van der Waals surface area (Å²) < 4.78 is 2.42. The molecule has 0 saturated heterocycles. The van der Waals surface area contributed by atoms with E-state index in [1.807, 2.05) is 4.99 Å². The Labute approximate surface area is 281 Å². The van der Waals surface area contributed by atoms with Crippen LogP contribution in [-0.2, 0) is 17.3 Å². The normalized spacial score (nSPS) is 22.0. The van der Waals surface area contributed by atoms with E-state index >= 15 is 0 Å². The first-order chi connectivity index (χ1) is 22.4. The van der Waals surface area contributed by atoms with Crippen LogP contribution >= 0.6 is 15.9 Å². The van der Waals surface area contributed by atoms with E-state index in [9.17, 15) is 0 Å². The molecular formula is C43H40BrN2+. The molecule has 0 N–H and O–H groups in total. The maximum Gasteiger partial charge on any atom is 0.217 e. The molecule has 228 valence electrons.